The molecule has 1 atom stereocenters. The van der Waals surface area contributed by atoms with Gasteiger partial charge < -0.3 is 24.0 Å². The first-order valence-corrected chi connectivity index (χ1v) is 18.6. The highest BCUT2D eigenvalue weighted by Crippen LogP contribution is 2.47. The van der Waals surface area contributed by atoms with E-state index in [1.807, 2.05) is 26.8 Å². The maximum absolute atomic E-state index is 13.6. The number of anilines is 3. The number of hydrogen-bond acceptors (Lipinski definition) is 11. The second-order valence-corrected chi connectivity index (χ2v) is 19.4. The Morgan fingerprint density at radius 3 is 2.49 bits per heavy atom. The van der Waals surface area contributed by atoms with Gasteiger partial charge in [0.2, 0.25) is 11.8 Å². The van der Waals surface area contributed by atoms with Crippen molar-refractivity contribution in [2.75, 3.05) is 43.7 Å². The van der Waals surface area contributed by atoms with Crippen molar-refractivity contribution in [3.05, 3.63) is 47.5 Å². The molecular formula is C34H47N7O5Si. The first kappa shape index (κ1) is 35.7. The van der Waals surface area contributed by atoms with Crippen LogP contribution in [0.15, 0.2) is 30.6 Å². The molecule has 4 rings (SSSR count). The normalized spacial score (nSPS) is 16.4. The minimum Gasteiger partial charge on any atom is -0.474 e. The molecule has 0 fully saturated rings. The molecule has 252 valence electrons. The number of nitrogens with one attached hydrogen (secondary N) is 1. The van der Waals surface area contributed by atoms with Gasteiger partial charge in [0.15, 0.2) is 8.32 Å². The minimum absolute atomic E-state index is 0.00313. The maximum atomic E-state index is 13.6. The van der Waals surface area contributed by atoms with Crippen molar-refractivity contribution >= 4 is 31.7 Å². The molecule has 1 aromatic carbocycles. The van der Waals surface area contributed by atoms with Crippen LogP contribution in [-0.2, 0) is 19.3 Å². The summed E-state index contributed by atoms with van der Waals surface area (Å²) in [5, 5.41) is 13.6. The number of nitriles is 1. The third-order valence-corrected chi connectivity index (χ3v) is 12.9. The van der Waals surface area contributed by atoms with E-state index in [1.165, 1.54) is 0 Å². The Labute approximate surface area is 279 Å². The molecule has 3 aromatic rings. The highest BCUT2D eigenvalue weighted by molar-refractivity contribution is 6.74. The third-order valence-electron chi connectivity index (χ3n) is 8.43. The summed E-state index contributed by atoms with van der Waals surface area (Å²) in [6.07, 6.45) is 2.75. The Morgan fingerprint density at radius 1 is 1.13 bits per heavy atom. The van der Waals surface area contributed by atoms with Gasteiger partial charge >= 0.3 is 6.09 Å². The van der Waals surface area contributed by atoms with E-state index in [0.29, 0.717) is 72.2 Å². The molecule has 13 heteroatoms. The van der Waals surface area contributed by atoms with Crippen LogP contribution in [0.2, 0.25) is 18.1 Å². The second kappa shape index (κ2) is 13.5. The van der Waals surface area contributed by atoms with Crippen LogP contribution in [0.3, 0.4) is 0 Å². The van der Waals surface area contributed by atoms with E-state index in [9.17, 15) is 10.1 Å². The average Bonchev–Trinajstić information content (AvgIpc) is 3.29. The molecule has 12 nitrogen and oxygen atoms in total. The van der Waals surface area contributed by atoms with Gasteiger partial charge in [-0.25, -0.2) is 19.7 Å². The number of fused-ring (bicyclic) bond motifs is 1. The molecule has 0 unspecified atom stereocenters. The predicted octanol–water partition coefficient (Wildman–Crippen LogP) is 6.92. The lowest BCUT2D eigenvalue weighted by Gasteiger charge is -2.39. The first-order chi connectivity index (χ1) is 21.9. The van der Waals surface area contributed by atoms with Gasteiger partial charge in [-0.3, -0.25) is 4.90 Å². The van der Waals surface area contributed by atoms with Crippen LogP contribution in [0.4, 0.5) is 22.1 Å². The van der Waals surface area contributed by atoms with Crippen LogP contribution in [-0.4, -0.2) is 73.4 Å². The molecule has 3 heterocycles. The second-order valence-electron chi connectivity index (χ2n) is 14.6. The molecule has 1 amide bonds. The van der Waals surface area contributed by atoms with Crippen LogP contribution in [0.1, 0.15) is 65.4 Å². The lowest BCUT2D eigenvalue weighted by molar-refractivity contribution is 0.0575. The number of ether oxygens (including phenoxy) is 3. The number of aromatic nitrogens is 4. The fourth-order valence-electron chi connectivity index (χ4n) is 4.85. The standard InChI is InChI=1S/C34H47N7O5Si/c1-22-37-19-27(29(38-22)44-15-14-43-9)40-30-36-13-12-26(39-30)23-16-24(18-35)28-25(17-23)34(8,21-45-47(10,11)33(5,6)7)20-41(28)31(42)46-32(2,3)4/h12-13,16-17,19H,14-15,20-21H2,1-11H3,(H,36,39,40)/t34-/m1/s1. The van der Waals surface area contributed by atoms with E-state index < -0.39 is 25.4 Å². The number of carbonyl (C=O) groups excluding carboxylic acids is 1. The molecular weight excluding hydrogens is 615 g/mol. The number of benzene rings is 1. The van der Waals surface area contributed by atoms with Crippen molar-refractivity contribution in [3.63, 3.8) is 0 Å². The third kappa shape index (κ3) is 8.24. The SMILES string of the molecule is COCCOc1nc(C)ncc1Nc1nccc(-c2cc(C#N)c3c(c2)[C@@](C)(CO[Si](C)(C)C(C)(C)C)CN3C(=O)OC(C)(C)C)n1. The summed E-state index contributed by atoms with van der Waals surface area (Å²) in [7, 11) is -0.547. The molecule has 0 radical (unpaired) electrons. The van der Waals surface area contributed by atoms with E-state index in [4.69, 9.17) is 23.6 Å². The number of aryl methyl sites for hydroxylation is 1. The van der Waals surface area contributed by atoms with E-state index in [-0.39, 0.29) is 5.04 Å². The van der Waals surface area contributed by atoms with Crippen molar-refractivity contribution in [3.8, 4) is 23.2 Å². The summed E-state index contributed by atoms with van der Waals surface area (Å²) in [4.78, 5) is 33.0. The van der Waals surface area contributed by atoms with E-state index >= 15 is 0 Å². The molecule has 0 saturated carbocycles. The van der Waals surface area contributed by atoms with Gasteiger partial charge in [-0.2, -0.15) is 10.2 Å². The Morgan fingerprint density at radius 2 is 1.85 bits per heavy atom. The number of carbonyl (C=O) groups is 1. The Kier molecular flexibility index (Phi) is 10.3. The van der Waals surface area contributed by atoms with E-state index in [2.05, 4.69) is 67.1 Å². The molecule has 1 N–H and O–H groups in total. The summed E-state index contributed by atoms with van der Waals surface area (Å²) >= 11 is 0. The summed E-state index contributed by atoms with van der Waals surface area (Å²) < 4.78 is 23.4. The number of amides is 1. The van der Waals surface area contributed by atoms with Crippen LogP contribution >= 0.6 is 0 Å². The fraction of sp³-hybridized carbons (Fsp3) is 0.529. The van der Waals surface area contributed by atoms with Gasteiger partial charge in [-0.15, -0.1) is 0 Å². The van der Waals surface area contributed by atoms with Crippen molar-refractivity contribution in [1.29, 1.82) is 5.26 Å². The van der Waals surface area contributed by atoms with Crippen LogP contribution in [0, 0.1) is 18.3 Å². The lowest BCUT2D eigenvalue weighted by atomic mass is 9.83. The van der Waals surface area contributed by atoms with E-state index in [1.54, 1.807) is 43.5 Å². The van der Waals surface area contributed by atoms with Crippen molar-refractivity contribution < 1.29 is 23.4 Å². The largest absolute Gasteiger partial charge is 0.474 e. The Bertz CT molecular complexity index is 1660. The zero-order valence-corrected chi connectivity index (χ0v) is 30.4. The van der Waals surface area contributed by atoms with Crippen LogP contribution < -0.4 is 15.0 Å². The van der Waals surface area contributed by atoms with Crippen molar-refractivity contribution in [2.45, 2.75) is 84.5 Å². The molecule has 2 aromatic heterocycles. The van der Waals surface area contributed by atoms with Gasteiger partial charge in [0.05, 0.1) is 29.7 Å². The zero-order chi connectivity index (χ0) is 34.8. The highest BCUT2D eigenvalue weighted by atomic mass is 28.4. The number of rotatable bonds is 10. The Hall–Kier alpha value is -4.12. The van der Waals surface area contributed by atoms with Gasteiger partial charge in [-0.05, 0) is 69.6 Å². The Balaban J connectivity index is 1.76. The molecule has 1 aliphatic rings. The number of hydrogen-bond donors (Lipinski definition) is 1. The smallest absolute Gasteiger partial charge is 0.414 e. The van der Waals surface area contributed by atoms with Crippen molar-refractivity contribution in [1.82, 2.24) is 19.9 Å². The summed E-state index contributed by atoms with van der Waals surface area (Å²) in [6, 6.07) is 7.85. The fourth-order valence-corrected chi connectivity index (χ4v) is 5.96. The molecule has 0 bridgehead atoms. The van der Waals surface area contributed by atoms with Gasteiger partial charge in [0.25, 0.3) is 0 Å². The first-order valence-electron chi connectivity index (χ1n) is 15.7. The molecule has 0 spiro atoms. The molecule has 47 heavy (non-hydrogen) atoms. The highest BCUT2D eigenvalue weighted by Gasteiger charge is 2.47. The lowest BCUT2D eigenvalue weighted by Crippen LogP contribution is -2.46. The number of nitrogens with zero attached hydrogens (tertiary/aromatic N) is 6. The quantitative estimate of drug-likeness (QED) is 0.179. The number of methoxy groups -OCH3 is 1. The van der Waals surface area contributed by atoms with Crippen molar-refractivity contribution in [2.24, 2.45) is 0 Å². The summed E-state index contributed by atoms with van der Waals surface area (Å²) in [6.45, 7) is 21.7. The predicted molar refractivity (Wildman–Crippen MR) is 184 cm³/mol. The molecule has 1 aliphatic heterocycles. The van der Waals surface area contributed by atoms with Crippen LogP contribution in [0.5, 0.6) is 5.88 Å². The van der Waals surface area contributed by atoms with Gasteiger partial charge in [0.1, 0.15) is 29.8 Å². The van der Waals surface area contributed by atoms with Crippen LogP contribution in [0.25, 0.3) is 11.3 Å². The topological polar surface area (TPSA) is 145 Å². The maximum Gasteiger partial charge on any atom is 0.414 e. The zero-order valence-electron chi connectivity index (χ0n) is 29.4. The van der Waals surface area contributed by atoms with Gasteiger partial charge in [-0.1, -0.05) is 27.7 Å². The summed E-state index contributed by atoms with van der Waals surface area (Å²) in [5.41, 5.74) is 2.16. The minimum atomic E-state index is -2.15. The van der Waals surface area contributed by atoms with Gasteiger partial charge in [0, 0.05) is 37.4 Å². The molecule has 0 saturated heterocycles. The summed E-state index contributed by atoms with van der Waals surface area (Å²) in [5.74, 6) is 1.21. The molecule has 0 aliphatic carbocycles. The average molecular weight is 662 g/mol. The monoisotopic (exact) mass is 661 g/mol. The van der Waals surface area contributed by atoms with E-state index in [0.717, 1.165) is 5.56 Å².